The van der Waals surface area contributed by atoms with Crippen LogP contribution in [0.3, 0.4) is 0 Å². The zero-order valence-corrected chi connectivity index (χ0v) is 18.2. The Bertz CT molecular complexity index is 976. The van der Waals surface area contributed by atoms with Gasteiger partial charge in [-0.2, -0.15) is 5.10 Å². The van der Waals surface area contributed by atoms with Gasteiger partial charge in [-0.15, -0.1) is 0 Å². The number of benzene rings is 1. The summed E-state index contributed by atoms with van der Waals surface area (Å²) in [6.45, 7) is 7.93. The van der Waals surface area contributed by atoms with Crippen LogP contribution in [0.5, 0.6) is 0 Å². The Morgan fingerprint density at radius 1 is 1.28 bits per heavy atom. The zero-order chi connectivity index (χ0) is 20.7. The number of hydrogen-bond donors (Lipinski definition) is 0. The minimum Gasteiger partial charge on any atom is -0.363 e. The van der Waals surface area contributed by atoms with E-state index in [0.29, 0.717) is 42.4 Å². The third-order valence-electron chi connectivity index (χ3n) is 5.51. The Labute approximate surface area is 179 Å². The van der Waals surface area contributed by atoms with Crippen molar-refractivity contribution in [3.63, 3.8) is 0 Å². The number of nitro benzene ring substituents is 1. The van der Waals surface area contributed by atoms with E-state index in [4.69, 9.17) is 28.9 Å². The molecule has 1 saturated heterocycles. The fraction of sp³-hybridized carbons (Fsp3) is 0.579. The van der Waals surface area contributed by atoms with Gasteiger partial charge in [-0.1, -0.05) is 25.4 Å². The summed E-state index contributed by atoms with van der Waals surface area (Å²) in [5.41, 5.74) is 0.675. The van der Waals surface area contributed by atoms with Crippen molar-refractivity contribution >= 4 is 35.2 Å². The molecule has 29 heavy (non-hydrogen) atoms. The number of rotatable bonds is 6. The second-order valence-corrected chi connectivity index (χ2v) is 8.83. The molecule has 156 valence electrons. The maximum Gasteiger partial charge on any atom is 0.294 e. The molecule has 0 atom stereocenters. The van der Waals surface area contributed by atoms with Gasteiger partial charge in [0.15, 0.2) is 4.77 Å². The molecule has 0 bridgehead atoms. The van der Waals surface area contributed by atoms with Crippen LogP contribution in [0.25, 0.3) is 0 Å². The van der Waals surface area contributed by atoms with E-state index in [1.165, 1.54) is 18.9 Å². The molecule has 0 N–H and O–H groups in total. The van der Waals surface area contributed by atoms with E-state index in [0.717, 1.165) is 23.7 Å². The van der Waals surface area contributed by atoms with Gasteiger partial charge in [0.1, 0.15) is 11.5 Å². The minimum atomic E-state index is -0.370. The van der Waals surface area contributed by atoms with E-state index in [1.54, 1.807) is 12.1 Å². The van der Waals surface area contributed by atoms with Gasteiger partial charge in [0, 0.05) is 49.2 Å². The molecule has 1 aromatic heterocycles. The van der Waals surface area contributed by atoms with E-state index in [-0.39, 0.29) is 10.6 Å². The number of nitro groups is 1. The lowest BCUT2D eigenvalue weighted by Gasteiger charge is -2.35. The van der Waals surface area contributed by atoms with Crippen LogP contribution in [0.1, 0.15) is 44.5 Å². The lowest BCUT2D eigenvalue weighted by Crippen LogP contribution is -2.47. The van der Waals surface area contributed by atoms with Gasteiger partial charge in [-0.05, 0) is 37.2 Å². The summed E-state index contributed by atoms with van der Waals surface area (Å²) in [4.78, 5) is 15.4. The van der Waals surface area contributed by atoms with E-state index in [9.17, 15) is 10.1 Å². The van der Waals surface area contributed by atoms with Crippen molar-refractivity contribution in [3.05, 3.63) is 43.9 Å². The summed E-state index contributed by atoms with van der Waals surface area (Å²) < 4.78 is 4.96. The van der Waals surface area contributed by atoms with E-state index in [2.05, 4.69) is 23.3 Å². The summed E-state index contributed by atoms with van der Waals surface area (Å²) >= 11 is 11.7. The number of hydrogen-bond acceptors (Lipinski definition) is 6. The van der Waals surface area contributed by atoms with Gasteiger partial charge in [-0.3, -0.25) is 15.0 Å². The average Bonchev–Trinajstić information content (AvgIpc) is 3.47. The normalized spacial score (nSPS) is 17.9. The third kappa shape index (κ3) is 4.17. The Kier molecular flexibility index (Phi) is 5.63. The molecular formula is C19H25ClN6O2S. The molecule has 0 spiro atoms. The molecule has 8 nitrogen and oxygen atoms in total. The van der Waals surface area contributed by atoms with Crippen molar-refractivity contribution in [1.82, 2.24) is 19.2 Å². The summed E-state index contributed by atoms with van der Waals surface area (Å²) in [5.74, 6) is 1.40. The maximum atomic E-state index is 11.4. The molecule has 2 fully saturated rings. The zero-order valence-electron chi connectivity index (χ0n) is 16.6. The Hall–Kier alpha value is -1.97. The number of anilines is 1. The predicted molar refractivity (Wildman–Crippen MR) is 115 cm³/mol. The summed E-state index contributed by atoms with van der Waals surface area (Å²) in [6, 6.07) is 5.36. The van der Waals surface area contributed by atoms with Crippen molar-refractivity contribution in [3.8, 4) is 0 Å². The number of nitrogens with zero attached hydrogens (tertiary/aromatic N) is 6. The van der Waals surface area contributed by atoms with E-state index < -0.39 is 0 Å². The van der Waals surface area contributed by atoms with Crippen molar-refractivity contribution in [2.24, 2.45) is 0 Å². The van der Waals surface area contributed by atoms with Crippen LogP contribution in [0, 0.1) is 14.9 Å². The second-order valence-electron chi connectivity index (χ2n) is 8.03. The summed E-state index contributed by atoms with van der Waals surface area (Å²) in [5, 5.41) is 16.6. The first-order chi connectivity index (χ1) is 13.8. The van der Waals surface area contributed by atoms with Crippen LogP contribution in [-0.4, -0.2) is 50.3 Å². The predicted octanol–water partition coefficient (Wildman–Crippen LogP) is 4.21. The lowest BCUT2D eigenvalue weighted by atomic mass is 10.2. The first-order valence-corrected chi connectivity index (χ1v) is 10.7. The summed E-state index contributed by atoms with van der Waals surface area (Å²) in [7, 11) is 0. The highest BCUT2D eigenvalue weighted by Gasteiger charge is 2.30. The minimum absolute atomic E-state index is 0.0536. The average molecular weight is 437 g/mol. The maximum absolute atomic E-state index is 11.4. The number of halogens is 1. The van der Waals surface area contributed by atoms with Gasteiger partial charge >= 0.3 is 0 Å². The molecule has 1 aliphatic heterocycles. The quantitative estimate of drug-likeness (QED) is 0.383. The third-order valence-corrected chi connectivity index (χ3v) is 6.15. The first-order valence-electron chi connectivity index (χ1n) is 9.95. The number of piperazine rings is 1. The molecule has 1 aromatic carbocycles. The van der Waals surface area contributed by atoms with Crippen LogP contribution < -0.4 is 4.90 Å². The van der Waals surface area contributed by atoms with Crippen molar-refractivity contribution < 1.29 is 4.92 Å². The molecule has 2 aliphatic rings. The smallest absolute Gasteiger partial charge is 0.294 e. The Morgan fingerprint density at radius 2 is 1.97 bits per heavy atom. The fourth-order valence-corrected chi connectivity index (χ4v) is 4.34. The Morgan fingerprint density at radius 3 is 2.55 bits per heavy atom. The molecule has 1 aliphatic carbocycles. The van der Waals surface area contributed by atoms with Crippen molar-refractivity contribution in [2.45, 2.75) is 45.3 Å². The fourth-order valence-electron chi connectivity index (χ4n) is 3.83. The molecule has 10 heteroatoms. The van der Waals surface area contributed by atoms with Crippen LogP contribution in [0.15, 0.2) is 18.2 Å². The van der Waals surface area contributed by atoms with Gasteiger partial charge in [0.25, 0.3) is 5.69 Å². The van der Waals surface area contributed by atoms with E-state index in [1.807, 2.05) is 9.58 Å². The van der Waals surface area contributed by atoms with Gasteiger partial charge in [0.05, 0.1) is 11.6 Å². The standard InChI is InChI=1S/C19H25ClN6O2S/c1-13(2)18-21-24(19(29)25(18)15-4-5-15)12-22-7-9-23(10-8-22)16-6-3-14(20)11-17(16)26(27)28/h3,6,11,13,15H,4-5,7-10,12H2,1-2H3. The molecule has 4 rings (SSSR count). The molecule has 0 radical (unpaired) electrons. The van der Waals surface area contributed by atoms with Crippen LogP contribution >= 0.6 is 23.8 Å². The van der Waals surface area contributed by atoms with E-state index >= 15 is 0 Å². The largest absolute Gasteiger partial charge is 0.363 e. The first kappa shape index (κ1) is 20.3. The molecule has 0 amide bonds. The van der Waals surface area contributed by atoms with Crippen molar-refractivity contribution in [1.29, 1.82) is 0 Å². The van der Waals surface area contributed by atoms with Crippen LogP contribution in [0.2, 0.25) is 5.02 Å². The molecule has 1 saturated carbocycles. The van der Waals surface area contributed by atoms with Crippen LogP contribution in [-0.2, 0) is 6.67 Å². The van der Waals surface area contributed by atoms with Gasteiger partial charge in [0.2, 0.25) is 0 Å². The topological polar surface area (TPSA) is 72.4 Å². The van der Waals surface area contributed by atoms with Crippen LogP contribution in [0.4, 0.5) is 11.4 Å². The monoisotopic (exact) mass is 436 g/mol. The lowest BCUT2D eigenvalue weighted by molar-refractivity contribution is -0.384. The molecular weight excluding hydrogens is 412 g/mol. The second kappa shape index (κ2) is 8.04. The highest BCUT2D eigenvalue weighted by atomic mass is 35.5. The number of aromatic nitrogens is 3. The highest BCUT2D eigenvalue weighted by Crippen LogP contribution is 2.37. The summed E-state index contributed by atoms with van der Waals surface area (Å²) in [6.07, 6.45) is 2.36. The van der Waals surface area contributed by atoms with Crippen molar-refractivity contribution in [2.75, 3.05) is 31.1 Å². The molecule has 2 aromatic rings. The Balaban J connectivity index is 1.46. The SMILES string of the molecule is CC(C)c1nn(CN2CCN(c3ccc(Cl)cc3[N+](=O)[O-])CC2)c(=S)n1C1CC1. The highest BCUT2D eigenvalue weighted by molar-refractivity contribution is 7.71. The molecule has 0 unspecified atom stereocenters. The van der Waals surface area contributed by atoms with Gasteiger partial charge in [-0.25, -0.2) is 4.68 Å². The van der Waals surface area contributed by atoms with Gasteiger partial charge < -0.3 is 9.47 Å². The molecule has 2 heterocycles.